The minimum absolute atomic E-state index is 0.569. The average molecular weight is 817 g/mol. The summed E-state index contributed by atoms with van der Waals surface area (Å²) in [6.45, 7) is 8.34. The molecule has 0 saturated heterocycles. The smallest absolute Gasteiger partial charge is 0.194 e. The van der Waals surface area contributed by atoms with E-state index >= 15 is 0 Å². The van der Waals surface area contributed by atoms with Gasteiger partial charge in [0.25, 0.3) is 0 Å². The first-order valence-electron chi connectivity index (χ1n) is 21.3. The second-order valence-electron chi connectivity index (χ2n) is 15.9. The summed E-state index contributed by atoms with van der Waals surface area (Å²) >= 11 is 0. The van der Waals surface area contributed by atoms with Gasteiger partial charge in [0.1, 0.15) is 5.82 Å². The Bertz CT molecular complexity index is 3800. The molecule has 5 aromatic heterocycles. The fourth-order valence-electron chi connectivity index (χ4n) is 9.46. The molecule has 0 saturated carbocycles. The number of rotatable bonds is 7. The molecule has 0 amide bonds. The molecule has 0 aliphatic heterocycles. The van der Waals surface area contributed by atoms with E-state index in [2.05, 4.69) is 172 Å². The molecule has 0 radical (unpaired) electrons. The van der Waals surface area contributed by atoms with Crippen LogP contribution >= 0.6 is 0 Å². The molecule has 5 heterocycles. The maximum absolute atomic E-state index is 8.34. The maximum atomic E-state index is 8.34. The van der Waals surface area contributed by atoms with E-state index in [1.54, 1.807) is 0 Å². The number of nitrogens with zero attached hydrogens (tertiary/aromatic N) is 6. The van der Waals surface area contributed by atoms with Gasteiger partial charge in [0.05, 0.1) is 51.9 Å². The Hall–Kier alpha value is -8.92. The van der Waals surface area contributed by atoms with Crippen molar-refractivity contribution in [3.63, 3.8) is 0 Å². The van der Waals surface area contributed by atoms with Gasteiger partial charge in [0, 0.05) is 61.8 Å². The summed E-state index contributed by atoms with van der Waals surface area (Å²) in [7, 11) is 0. The second-order valence-corrected chi connectivity index (χ2v) is 15.9. The van der Waals surface area contributed by atoms with E-state index in [1.165, 1.54) is 0 Å². The molecule has 298 valence electrons. The second kappa shape index (κ2) is 15.2. The molecule has 0 aliphatic carbocycles. The van der Waals surface area contributed by atoms with E-state index in [1.807, 2.05) is 61.1 Å². The first-order chi connectivity index (χ1) is 31.7. The predicted octanol–water partition coefficient (Wildman–Crippen LogP) is 15.0. The standard InChI is InChI=1S/C58H36N6/c1-59-50-25-11-8-20-44(50)49-36-56(64-52-27-13-10-22-46(52)48-31-29-41(35-54(48)64)43-24-15-33-61-58(43)39-18-6-3-7-19-39)62-37-55(49)63-51-26-12-9-21-45(51)47-30-28-40(34-53(47)63)42-23-14-32-60-57(42)38-16-4-2-5-17-38/h2-37H. The third-order valence-electron chi connectivity index (χ3n) is 12.3. The van der Waals surface area contributed by atoms with Gasteiger partial charge in [-0.05, 0) is 59.2 Å². The summed E-state index contributed by atoms with van der Waals surface area (Å²) in [5, 5.41) is 4.51. The van der Waals surface area contributed by atoms with Gasteiger partial charge in [-0.3, -0.25) is 14.5 Å². The lowest BCUT2D eigenvalue weighted by atomic mass is 9.98. The quantitative estimate of drug-likeness (QED) is 0.151. The molecule has 0 bridgehead atoms. The van der Waals surface area contributed by atoms with Crippen molar-refractivity contribution >= 4 is 49.3 Å². The highest BCUT2D eigenvalue weighted by molar-refractivity contribution is 6.12. The lowest BCUT2D eigenvalue weighted by Crippen LogP contribution is -2.03. The normalized spacial score (nSPS) is 11.4. The van der Waals surface area contributed by atoms with Crippen molar-refractivity contribution in [2.45, 2.75) is 0 Å². The van der Waals surface area contributed by atoms with Gasteiger partial charge >= 0.3 is 0 Å². The summed E-state index contributed by atoms with van der Waals surface area (Å²) in [6, 6.07) is 69.4. The van der Waals surface area contributed by atoms with Gasteiger partial charge in [-0.15, -0.1) is 0 Å². The number of hydrogen-bond acceptors (Lipinski definition) is 3. The molecule has 0 fully saturated rings. The molecule has 7 aromatic carbocycles. The molecule has 6 nitrogen and oxygen atoms in total. The van der Waals surface area contributed by atoms with Crippen molar-refractivity contribution in [2.75, 3.05) is 0 Å². The van der Waals surface area contributed by atoms with Crippen LogP contribution in [-0.4, -0.2) is 24.1 Å². The maximum Gasteiger partial charge on any atom is 0.194 e. The van der Waals surface area contributed by atoms with Crippen molar-refractivity contribution in [1.82, 2.24) is 24.1 Å². The van der Waals surface area contributed by atoms with Gasteiger partial charge in [0.2, 0.25) is 0 Å². The van der Waals surface area contributed by atoms with Crippen LogP contribution in [0.15, 0.2) is 219 Å². The zero-order valence-electron chi connectivity index (χ0n) is 34.5. The Kier molecular flexibility index (Phi) is 8.77. The molecule has 0 spiro atoms. The number of hydrogen-bond donors (Lipinski definition) is 0. The van der Waals surface area contributed by atoms with Gasteiger partial charge in [-0.2, -0.15) is 0 Å². The molecule has 12 rings (SSSR count). The Morgan fingerprint density at radius 3 is 1.44 bits per heavy atom. The van der Waals surface area contributed by atoms with E-state index in [0.29, 0.717) is 5.69 Å². The zero-order chi connectivity index (χ0) is 42.6. The lowest BCUT2D eigenvalue weighted by Gasteiger charge is -2.18. The summed E-state index contributed by atoms with van der Waals surface area (Å²) in [5.74, 6) is 0.751. The van der Waals surface area contributed by atoms with E-state index in [0.717, 1.165) is 111 Å². The van der Waals surface area contributed by atoms with Crippen LogP contribution in [0.5, 0.6) is 0 Å². The van der Waals surface area contributed by atoms with E-state index in [4.69, 9.17) is 21.5 Å². The molecule has 64 heavy (non-hydrogen) atoms. The summed E-state index contributed by atoms with van der Waals surface area (Å²) in [5.41, 5.74) is 15.5. The Morgan fingerprint density at radius 2 is 0.844 bits per heavy atom. The average Bonchev–Trinajstić information content (AvgIpc) is 3.88. The summed E-state index contributed by atoms with van der Waals surface area (Å²) < 4.78 is 4.58. The van der Waals surface area contributed by atoms with Crippen LogP contribution in [0.1, 0.15) is 0 Å². The summed E-state index contributed by atoms with van der Waals surface area (Å²) in [4.78, 5) is 19.2. The molecular weight excluding hydrogens is 781 g/mol. The van der Waals surface area contributed by atoms with Gasteiger partial charge in [-0.25, -0.2) is 9.83 Å². The molecule has 0 unspecified atom stereocenters. The van der Waals surface area contributed by atoms with Crippen LogP contribution in [-0.2, 0) is 0 Å². The SMILES string of the molecule is [C-]#[N+]c1ccccc1-c1cc(-n2c3ccccc3c3ccc(-c4cccnc4-c4ccccc4)cc32)ncc1-n1c2ccccc2c2ccc(-c3cccnc3-c3ccccc3)cc21. The highest BCUT2D eigenvalue weighted by Gasteiger charge is 2.22. The zero-order valence-corrected chi connectivity index (χ0v) is 34.5. The molecule has 0 atom stereocenters. The third kappa shape index (κ3) is 5.99. The lowest BCUT2D eigenvalue weighted by molar-refractivity contribution is 1.06. The Labute approximate surface area is 369 Å². The molecule has 12 aromatic rings. The predicted molar refractivity (Wildman–Crippen MR) is 262 cm³/mol. The van der Waals surface area contributed by atoms with Crippen molar-refractivity contribution < 1.29 is 0 Å². The van der Waals surface area contributed by atoms with Crippen LogP contribution in [0.2, 0.25) is 0 Å². The first kappa shape index (κ1) is 36.9. The molecule has 0 aliphatic rings. The van der Waals surface area contributed by atoms with Crippen molar-refractivity contribution in [2.24, 2.45) is 0 Å². The fraction of sp³-hybridized carbons (Fsp3) is 0. The Balaban J connectivity index is 1.11. The van der Waals surface area contributed by atoms with E-state index < -0.39 is 0 Å². The van der Waals surface area contributed by atoms with Gasteiger partial charge in [-0.1, -0.05) is 158 Å². The largest absolute Gasteiger partial charge is 0.307 e. The topological polar surface area (TPSA) is 52.9 Å². The van der Waals surface area contributed by atoms with Crippen LogP contribution in [0.25, 0.3) is 116 Å². The van der Waals surface area contributed by atoms with Crippen molar-refractivity contribution in [3.05, 3.63) is 230 Å². The van der Waals surface area contributed by atoms with Crippen LogP contribution in [0.3, 0.4) is 0 Å². The van der Waals surface area contributed by atoms with Crippen molar-refractivity contribution in [3.8, 4) is 67.4 Å². The van der Waals surface area contributed by atoms with Crippen LogP contribution < -0.4 is 0 Å². The summed E-state index contributed by atoms with van der Waals surface area (Å²) in [6.07, 6.45) is 5.70. The monoisotopic (exact) mass is 816 g/mol. The minimum atomic E-state index is 0.569. The Morgan fingerprint density at radius 1 is 0.359 bits per heavy atom. The highest BCUT2D eigenvalue weighted by Crippen LogP contribution is 2.43. The van der Waals surface area contributed by atoms with E-state index in [-0.39, 0.29) is 0 Å². The number of para-hydroxylation sites is 3. The van der Waals surface area contributed by atoms with Crippen molar-refractivity contribution in [1.29, 1.82) is 0 Å². The van der Waals surface area contributed by atoms with E-state index in [9.17, 15) is 0 Å². The molecule has 6 heteroatoms. The van der Waals surface area contributed by atoms with Crippen LogP contribution in [0.4, 0.5) is 5.69 Å². The third-order valence-corrected chi connectivity index (χ3v) is 12.3. The highest BCUT2D eigenvalue weighted by atomic mass is 15.1. The number of pyridine rings is 3. The van der Waals surface area contributed by atoms with Gasteiger partial charge in [0.15, 0.2) is 5.69 Å². The first-order valence-corrected chi connectivity index (χ1v) is 21.3. The van der Waals surface area contributed by atoms with Crippen LogP contribution in [0, 0.1) is 6.57 Å². The fourth-order valence-corrected chi connectivity index (χ4v) is 9.46. The molecular formula is C58H36N6. The molecule has 0 N–H and O–H groups in total. The number of benzene rings is 7. The number of aromatic nitrogens is 5. The minimum Gasteiger partial charge on any atom is -0.307 e. The van der Waals surface area contributed by atoms with Gasteiger partial charge < -0.3 is 4.57 Å². The number of fused-ring (bicyclic) bond motifs is 6.